The van der Waals surface area contributed by atoms with Crippen molar-refractivity contribution in [3.05, 3.63) is 30.0 Å². The molecule has 0 aromatic carbocycles. The minimum absolute atomic E-state index is 0.254. The van der Waals surface area contributed by atoms with E-state index in [2.05, 4.69) is 25.5 Å². The number of aromatic amines is 1. The Labute approximate surface area is 128 Å². The Morgan fingerprint density at radius 1 is 1.36 bits per heavy atom. The maximum Gasteiger partial charge on any atom is 0.262 e. The number of nitrogens with one attached hydrogen (secondary N) is 2. The molecule has 1 saturated heterocycles. The predicted octanol–water partition coefficient (Wildman–Crippen LogP) is 3.06. The summed E-state index contributed by atoms with van der Waals surface area (Å²) in [7, 11) is 0. The highest BCUT2D eigenvalue weighted by Crippen LogP contribution is 2.36. The average Bonchev–Trinajstić information content (AvgIpc) is 3.15. The number of rotatable bonds is 2. The number of aromatic nitrogens is 4. The van der Waals surface area contributed by atoms with Crippen LogP contribution in [0.25, 0.3) is 20.7 Å². The summed E-state index contributed by atoms with van der Waals surface area (Å²) < 4.78 is 27.5. The lowest BCUT2D eigenvalue weighted by Crippen LogP contribution is -2.19. The second-order valence-electron chi connectivity index (χ2n) is 5.49. The van der Waals surface area contributed by atoms with Crippen LogP contribution in [0.1, 0.15) is 24.0 Å². The van der Waals surface area contributed by atoms with Crippen LogP contribution in [-0.2, 0) is 0 Å². The third-order valence-corrected chi connectivity index (χ3v) is 4.90. The standard InChI is InChI=1S/C14H13F2N5S/c1-7-8(4-19-21-7)11-2-9-12(22-11)5-17-13(20-9)10-3-14(15,16)6-18-10/h2,4-5,10,18H,3,6H2,1H3,(H,19,21)/t10-/m0/s1. The van der Waals surface area contributed by atoms with Gasteiger partial charge in [-0.3, -0.25) is 5.10 Å². The Morgan fingerprint density at radius 2 is 2.23 bits per heavy atom. The maximum atomic E-state index is 13.3. The monoisotopic (exact) mass is 321 g/mol. The largest absolute Gasteiger partial charge is 0.301 e. The van der Waals surface area contributed by atoms with Gasteiger partial charge in [0.1, 0.15) is 5.82 Å². The van der Waals surface area contributed by atoms with Crippen LogP contribution in [0.4, 0.5) is 8.78 Å². The van der Waals surface area contributed by atoms with Gasteiger partial charge in [0, 0.05) is 28.8 Å². The number of fused-ring (bicyclic) bond motifs is 1. The van der Waals surface area contributed by atoms with Gasteiger partial charge in [-0.2, -0.15) is 5.10 Å². The van der Waals surface area contributed by atoms with Crippen LogP contribution in [0, 0.1) is 6.92 Å². The molecule has 3 aromatic heterocycles. The Morgan fingerprint density at radius 3 is 2.91 bits per heavy atom. The van der Waals surface area contributed by atoms with Crippen molar-refractivity contribution < 1.29 is 8.78 Å². The number of hydrogen-bond acceptors (Lipinski definition) is 5. The topological polar surface area (TPSA) is 66.5 Å². The van der Waals surface area contributed by atoms with Gasteiger partial charge in [-0.1, -0.05) is 0 Å². The highest BCUT2D eigenvalue weighted by molar-refractivity contribution is 7.22. The molecule has 5 nitrogen and oxygen atoms in total. The minimum atomic E-state index is -2.68. The van der Waals surface area contributed by atoms with Crippen LogP contribution in [0.5, 0.6) is 0 Å². The van der Waals surface area contributed by atoms with Crippen LogP contribution >= 0.6 is 11.3 Å². The fourth-order valence-electron chi connectivity index (χ4n) is 2.65. The summed E-state index contributed by atoms with van der Waals surface area (Å²) in [6, 6.07) is 1.47. The van der Waals surface area contributed by atoms with E-state index in [1.807, 2.05) is 13.0 Å². The molecule has 4 heterocycles. The van der Waals surface area contributed by atoms with Gasteiger partial charge in [-0.05, 0) is 13.0 Å². The van der Waals surface area contributed by atoms with Gasteiger partial charge in [0.15, 0.2) is 0 Å². The molecule has 0 saturated carbocycles. The van der Waals surface area contributed by atoms with Crippen molar-refractivity contribution >= 4 is 21.6 Å². The summed E-state index contributed by atoms with van der Waals surface area (Å²) in [6.07, 6.45) is 3.23. The Bertz CT molecular complexity index is 841. The summed E-state index contributed by atoms with van der Waals surface area (Å²) in [5, 5.41) is 9.71. The van der Waals surface area contributed by atoms with Gasteiger partial charge in [-0.25, -0.2) is 18.7 Å². The van der Waals surface area contributed by atoms with Crippen molar-refractivity contribution in [2.75, 3.05) is 6.54 Å². The SMILES string of the molecule is Cc1[nH]ncc1-c1cc2nc([C@@H]3CC(F)(F)CN3)ncc2s1. The molecule has 1 aliphatic heterocycles. The molecule has 1 fully saturated rings. The molecule has 8 heteroatoms. The summed E-state index contributed by atoms with van der Waals surface area (Å²) in [5.74, 6) is -2.26. The van der Waals surface area contributed by atoms with Gasteiger partial charge >= 0.3 is 0 Å². The molecule has 22 heavy (non-hydrogen) atoms. The molecule has 0 spiro atoms. The first kappa shape index (κ1) is 13.7. The number of halogens is 2. The summed E-state index contributed by atoms with van der Waals surface area (Å²) in [6.45, 7) is 1.64. The van der Waals surface area contributed by atoms with E-state index < -0.39 is 12.0 Å². The van der Waals surface area contributed by atoms with Crippen LogP contribution in [0.15, 0.2) is 18.5 Å². The predicted molar refractivity (Wildman–Crippen MR) is 80.0 cm³/mol. The van der Waals surface area contributed by atoms with Crippen molar-refractivity contribution in [3.63, 3.8) is 0 Å². The molecule has 3 aromatic rings. The first-order valence-electron chi connectivity index (χ1n) is 6.90. The van der Waals surface area contributed by atoms with Gasteiger partial charge in [0.25, 0.3) is 5.92 Å². The van der Waals surface area contributed by atoms with Gasteiger partial charge in [0.05, 0.1) is 29.0 Å². The van der Waals surface area contributed by atoms with Crippen LogP contribution in [0.2, 0.25) is 0 Å². The minimum Gasteiger partial charge on any atom is -0.301 e. The molecule has 2 N–H and O–H groups in total. The number of thiophene rings is 1. The Kier molecular flexibility index (Phi) is 2.98. The van der Waals surface area contributed by atoms with Gasteiger partial charge < -0.3 is 5.32 Å². The lowest BCUT2D eigenvalue weighted by Gasteiger charge is -2.08. The molecule has 0 unspecified atom stereocenters. The molecular formula is C14H13F2N5S. The smallest absolute Gasteiger partial charge is 0.262 e. The fraction of sp³-hybridized carbons (Fsp3) is 0.357. The molecule has 0 aliphatic carbocycles. The number of aryl methyl sites for hydroxylation is 1. The van der Waals surface area contributed by atoms with E-state index in [1.54, 1.807) is 23.7 Å². The van der Waals surface area contributed by atoms with Crippen molar-refractivity contribution in [2.24, 2.45) is 0 Å². The Balaban J connectivity index is 1.71. The quantitative estimate of drug-likeness (QED) is 0.761. The van der Waals surface area contributed by atoms with Gasteiger partial charge in [0.2, 0.25) is 0 Å². The fourth-order valence-corrected chi connectivity index (χ4v) is 3.69. The van der Waals surface area contributed by atoms with E-state index in [9.17, 15) is 8.78 Å². The third-order valence-electron chi connectivity index (χ3n) is 3.81. The highest BCUT2D eigenvalue weighted by Gasteiger charge is 2.41. The number of hydrogen-bond donors (Lipinski definition) is 2. The third kappa shape index (κ3) is 2.28. The number of H-pyrrole nitrogens is 1. The van der Waals surface area contributed by atoms with Crippen molar-refractivity contribution in [2.45, 2.75) is 25.3 Å². The second-order valence-corrected chi connectivity index (χ2v) is 6.57. The Hall–Kier alpha value is -1.93. The first-order valence-corrected chi connectivity index (χ1v) is 7.71. The van der Waals surface area contributed by atoms with Crippen molar-refractivity contribution in [3.8, 4) is 10.4 Å². The summed E-state index contributed by atoms with van der Waals surface area (Å²) in [4.78, 5) is 9.75. The zero-order chi connectivity index (χ0) is 15.3. The maximum absolute atomic E-state index is 13.3. The lowest BCUT2D eigenvalue weighted by atomic mass is 10.2. The number of nitrogens with zero attached hydrogens (tertiary/aromatic N) is 3. The molecule has 0 amide bonds. The summed E-state index contributed by atoms with van der Waals surface area (Å²) in [5.41, 5.74) is 2.79. The van der Waals surface area contributed by atoms with E-state index in [0.717, 1.165) is 26.4 Å². The molecule has 0 bridgehead atoms. The van der Waals surface area contributed by atoms with E-state index in [-0.39, 0.29) is 13.0 Å². The van der Waals surface area contributed by atoms with Crippen molar-refractivity contribution in [1.29, 1.82) is 0 Å². The molecule has 114 valence electrons. The van der Waals surface area contributed by atoms with Gasteiger partial charge in [-0.15, -0.1) is 11.3 Å². The van der Waals surface area contributed by atoms with Crippen LogP contribution < -0.4 is 5.32 Å². The van der Waals surface area contributed by atoms with Crippen molar-refractivity contribution in [1.82, 2.24) is 25.5 Å². The molecule has 1 atom stereocenters. The molecule has 0 radical (unpaired) electrons. The summed E-state index contributed by atoms with van der Waals surface area (Å²) >= 11 is 1.57. The zero-order valence-corrected chi connectivity index (χ0v) is 12.5. The van der Waals surface area contributed by atoms with E-state index in [0.29, 0.717) is 5.82 Å². The van der Waals surface area contributed by atoms with Crippen LogP contribution in [0.3, 0.4) is 0 Å². The molecule has 1 aliphatic rings. The molecule has 4 rings (SSSR count). The molecular weight excluding hydrogens is 308 g/mol. The second kappa shape index (κ2) is 4.79. The highest BCUT2D eigenvalue weighted by atomic mass is 32.1. The van der Waals surface area contributed by atoms with E-state index in [1.165, 1.54) is 0 Å². The average molecular weight is 321 g/mol. The normalized spacial score (nSPS) is 20.8. The zero-order valence-electron chi connectivity index (χ0n) is 11.7. The van der Waals surface area contributed by atoms with E-state index in [4.69, 9.17) is 0 Å². The van der Waals surface area contributed by atoms with E-state index >= 15 is 0 Å². The van der Waals surface area contributed by atoms with Crippen LogP contribution in [-0.4, -0.2) is 32.6 Å². The lowest BCUT2D eigenvalue weighted by molar-refractivity contribution is 0.0208. The first-order chi connectivity index (χ1) is 10.5. The number of alkyl halides is 2.